The maximum Gasteiger partial charge on any atom is 0.311 e. The molecule has 0 aliphatic carbocycles. The summed E-state index contributed by atoms with van der Waals surface area (Å²) in [6.45, 7) is 0. The van der Waals surface area contributed by atoms with Crippen LogP contribution in [0.5, 0.6) is 0 Å². The number of aromatic nitrogens is 1. The van der Waals surface area contributed by atoms with Crippen molar-refractivity contribution in [3.05, 3.63) is 41.8 Å². The van der Waals surface area contributed by atoms with Gasteiger partial charge in [-0.1, -0.05) is 0 Å². The Kier molecular flexibility index (Phi) is 2.86. The molecule has 0 saturated carbocycles. The van der Waals surface area contributed by atoms with Gasteiger partial charge in [0.15, 0.2) is 0 Å². The lowest BCUT2D eigenvalue weighted by Gasteiger charge is -1.96. The molecule has 0 unspecified atom stereocenters. The molecule has 1 aromatic heterocycles. The van der Waals surface area contributed by atoms with E-state index in [1.807, 2.05) is 0 Å². The van der Waals surface area contributed by atoms with E-state index >= 15 is 0 Å². The highest BCUT2D eigenvalue weighted by atomic mass is 19.1. The summed E-state index contributed by atoms with van der Waals surface area (Å²) in [6.07, 6.45) is 0.886. The lowest BCUT2D eigenvalue weighted by molar-refractivity contribution is -0.136. The minimum atomic E-state index is -1.07. The first-order valence-corrected chi connectivity index (χ1v) is 4.67. The van der Waals surface area contributed by atoms with E-state index in [1.54, 1.807) is 0 Å². The number of nitrogens with zero attached hydrogens (tertiary/aromatic N) is 1. The smallest absolute Gasteiger partial charge is 0.311 e. The molecule has 0 bridgehead atoms. The normalized spacial score (nSPS) is 10.5. The summed E-state index contributed by atoms with van der Waals surface area (Å²) >= 11 is 0. The molecule has 0 saturated heterocycles. The molecule has 0 spiro atoms. The number of carboxylic acids is 1. The first kappa shape index (κ1) is 11.3. The highest BCUT2D eigenvalue weighted by molar-refractivity contribution is 5.69. The van der Waals surface area contributed by atoms with Gasteiger partial charge < -0.3 is 9.52 Å². The Morgan fingerprint density at radius 3 is 2.53 bits per heavy atom. The summed E-state index contributed by atoms with van der Waals surface area (Å²) in [5.41, 5.74) is 0.124. The summed E-state index contributed by atoms with van der Waals surface area (Å²) in [5, 5.41) is 8.53. The molecular formula is C11H7F2NO3. The first-order valence-electron chi connectivity index (χ1n) is 4.67. The standard InChI is InChI=1S/C11H7F2NO3/c12-7-1-6(2-8(13)3-7)11-14-5-9(17-11)4-10(15)16/h1-3,5H,4H2,(H,15,16). The molecule has 6 heteroatoms. The van der Waals surface area contributed by atoms with Crippen LogP contribution in [0.2, 0.25) is 0 Å². The maximum atomic E-state index is 12.9. The van der Waals surface area contributed by atoms with Crippen LogP contribution in [0.4, 0.5) is 8.78 Å². The number of carboxylic acid groups (broad SMARTS) is 1. The van der Waals surface area contributed by atoms with Gasteiger partial charge in [-0.3, -0.25) is 4.79 Å². The lowest BCUT2D eigenvalue weighted by atomic mass is 10.2. The lowest BCUT2D eigenvalue weighted by Crippen LogP contribution is -1.97. The predicted molar refractivity (Wildman–Crippen MR) is 53.2 cm³/mol. The zero-order valence-corrected chi connectivity index (χ0v) is 8.48. The molecule has 0 amide bonds. The van der Waals surface area contributed by atoms with Gasteiger partial charge >= 0.3 is 5.97 Å². The van der Waals surface area contributed by atoms with Crippen molar-refractivity contribution in [1.82, 2.24) is 4.98 Å². The molecular weight excluding hydrogens is 232 g/mol. The minimum absolute atomic E-state index is 0.0142. The first-order chi connectivity index (χ1) is 8.04. The fraction of sp³-hybridized carbons (Fsp3) is 0.0909. The second-order valence-corrected chi connectivity index (χ2v) is 3.36. The van der Waals surface area contributed by atoms with Crippen molar-refractivity contribution in [3.63, 3.8) is 0 Å². The van der Waals surface area contributed by atoms with Crippen molar-refractivity contribution >= 4 is 5.97 Å². The Hall–Kier alpha value is -2.24. The molecule has 0 radical (unpaired) electrons. The van der Waals surface area contributed by atoms with E-state index in [0.717, 1.165) is 18.2 Å². The number of rotatable bonds is 3. The molecule has 1 N–H and O–H groups in total. The number of carbonyl (C=O) groups is 1. The monoisotopic (exact) mass is 239 g/mol. The van der Waals surface area contributed by atoms with Crippen molar-refractivity contribution < 1.29 is 23.1 Å². The van der Waals surface area contributed by atoms with Crippen molar-refractivity contribution in [2.75, 3.05) is 0 Å². The second kappa shape index (κ2) is 4.32. The van der Waals surface area contributed by atoms with Crippen LogP contribution in [0.25, 0.3) is 11.5 Å². The van der Waals surface area contributed by atoms with Crippen LogP contribution in [0.3, 0.4) is 0 Å². The molecule has 2 aromatic rings. The van der Waals surface area contributed by atoms with E-state index in [-0.39, 0.29) is 23.6 Å². The van der Waals surface area contributed by atoms with Crippen molar-refractivity contribution in [3.8, 4) is 11.5 Å². The number of aliphatic carboxylic acids is 1. The van der Waals surface area contributed by atoms with E-state index < -0.39 is 17.6 Å². The van der Waals surface area contributed by atoms with E-state index in [9.17, 15) is 13.6 Å². The average molecular weight is 239 g/mol. The van der Waals surface area contributed by atoms with Crippen molar-refractivity contribution in [2.45, 2.75) is 6.42 Å². The number of oxazole rings is 1. The van der Waals surface area contributed by atoms with Crippen LogP contribution in [-0.2, 0) is 11.2 Å². The zero-order chi connectivity index (χ0) is 12.4. The third-order valence-corrected chi connectivity index (χ3v) is 1.99. The fourth-order valence-electron chi connectivity index (χ4n) is 1.35. The van der Waals surface area contributed by atoms with Crippen LogP contribution in [0.15, 0.2) is 28.8 Å². The molecule has 88 valence electrons. The molecule has 1 aromatic carbocycles. The zero-order valence-electron chi connectivity index (χ0n) is 8.48. The topological polar surface area (TPSA) is 63.3 Å². The number of hydrogen-bond acceptors (Lipinski definition) is 3. The molecule has 1 heterocycles. The van der Waals surface area contributed by atoms with Crippen molar-refractivity contribution in [2.24, 2.45) is 0 Å². The molecule has 0 fully saturated rings. The summed E-state index contributed by atoms with van der Waals surface area (Å²) < 4.78 is 30.9. The Balaban J connectivity index is 2.33. The van der Waals surface area contributed by atoms with Crippen LogP contribution in [-0.4, -0.2) is 16.1 Å². The van der Waals surface area contributed by atoms with Gasteiger partial charge in [0.1, 0.15) is 23.8 Å². The Morgan fingerprint density at radius 1 is 1.29 bits per heavy atom. The highest BCUT2D eigenvalue weighted by Crippen LogP contribution is 2.21. The van der Waals surface area contributed by atoms with Gasteiger partial charge in [0.05, 0.1) is 6.20 Å². The predicted octanol–water partition coefficient (Wildman–Crippen LogP) is 2.25. The summed E-state index contributed by atoms with van der Waals surface area (Å²) in [4.78, 5) is 14.2. The number of benzene rings is 1. The largest absolute Gasteiger partial charge is 0.481 e. The van der Waals surface area contributed by atoms with E-state index in [1.165, 1.54) is 6.20 Å². The number of hydrogen-bond donors (Lipinski definition) is 1. The molecule has 17 heavy (non-hydrogen) atoms. The minimum Gasteiger partial charge on any atom is -0.481 e. The van der Waals surface area contributed by atoms with Gasteiger partial charge in [-0.2, -0.15) is 0 Å². The Morgan fingerprint density at radius 2 is 1.94 bits per heavy atom. The van der Waals surface area contributed by atoms with E-state index in [2.05, 4.69) is 4.98 Å². The van der Waals surface area contributed by atoms with Crippen LogP contribution < -0.4 is 0 Å². The summed E-state index contributed by atoms with van der Waals surface area (Å²) in [6, 6.07) is 2.84. The highest BCUT2D eigenvalue weighted by Gasteiger charge is 2.11. The molecule has 0 aliphatic heterocycles. The third kappa shape index (κ3) is 2.66. The van der Waals surface area contributed by atoms with Crippen LogP contribution in [0, 0.1) is 11.6 Å². The van der Waals surface area contributed by atoms with Crippen molar-refractivity contribution in [1.29, 1.82) is 0 Å². The summed E-state index contributed by atoms with van der Waals surface area (Å²) in [7, 11) is 0. The van der Waals surface area contributed by atoms with E-state index in [0.29, 0.717) is 0 Å². The Labute approximate surface area is 94.5 Å². The van der Waals surface area contributed by atoms with Crippen LogP contribution in [0.1, 0.15) is 5.76 Å². The molecule has 4 nitrogen and oxygen atoms in total. The van der Waals surface area contributed by atoms with Gasteiger partial charge in [0.2, 0.25) is 5.89 Å². The van der Waals surface area contributed by atoms with Gasteiger partial charge in [0, 0.05) is 11.6 Å². The maximum absolute atomic E-state index is 12.9. The van der Waals surface area contributed by atoms with Gasteiger partial charge in [-0.05, 0) is 12.1 Å². The molecule has 0 aliphatic rings. The van der Waals surface area contributed by atoms with Gasteiger partial charge in [-0.25, -0.2) is 13.8 Å². The Bertz CT molecular complexity index is 545. The fourth-order valence-corrected chi connectivity index (χ4v) is 1.35. The third-order valence-electron chi connectivity index (χ3n) is 1.99. The van der Waals surface area contributed by atoms with Gasteiger partial charge in [0.25, 0.3) is 0 Å². The van der Waals surface area contributed by atoms with Crippen LogP contribution >= 0.6 is 0 Å². The van der Waals surface area contributed by atoms with Gasteiger partial charge in [-0.15, -0.1) is 0 Å². The number of halogens is 2. The molecule has 0 atom stereocenters. The van der Waals surface area contributed by atoms with E-state index in [4.69, 9.17) is 9.52 Å². The molecule has 2 rings (SSSR count). The quantitative estimate of drug-likeness (QED) is 0.892. The SMILES string of the molecule is O=C(O)Cc1cnc(-c2cc(F)cc(F)c2)o1. The summed E-state index contributed by atoms with van der Waals surface area (Å²) in [5.74, 6) is -2.47. The second-order valence-electron chi connectivity index (χ2n) is 3.36. The average Bonchev–Trinajstić information content (AvgIpc) is 2.63.